The fourth-order valence-electron chi connectivity index (χ4n) is 1.17. The third-order valence-corrected chi connectivity index (χ3v) is 2.15. The molecule has 0 aliphatic rings. The molecule has 0 spiro atoms. The molecule has 82 valence electrons. The van der Waals surface area contributed by atoms with Crippen molar-refractivity contribution in [2.45, 2.75) is 19.9 Å². The normalized spacial score (nSPS) is 11.7. The van der Waals surface area contributed by atoms with Crippen LogP contribution in [-0.4, -0.2) is 22.6 Å². The summed E-state index contributed by atoms with van der Waals surface area (Å²) in [7, 11) is 0. The number of aromatic nitrogens is 1. The van der Waals surface area contributed by atoms with Crippen LogP contribution >= 0.6 is 0 Å². The van der Waals surface area contributed by atoms with Crippen LogP contribution in [0.25, 0.3) is 0 Å². The average Bonchev–Trinajstić information content (AvgIpc) is 2.26. The predicted octanol–water partition coefficient (Wildman–Crippen LogP) is 0.616. The van der Waals surface area contributed by atoms with E-state index in [2.05, 4.69) is 15.5 Å². The maximum atomic E-state index is 8.32. The van der Waals surface area contributed by atoms with Crippen LogP contribution in [0.15, 0.2) is 23.6 Å². The molecule has 15 heavy (non-hydrogen) atoms. The number of hydrogen-bond donors (Lipinski definition) is 3. The zero-order valence-corrected chi connectivity index (χ0v) is 8.77. The highest BCUT2D eigenvalue weighted by Gasteiger charge is 1.97. The Morgan fingerprint density at radius 1 is 1.67 bits per heavy atom. The molecule has 0 amide bonds. The van der Waals surface area contributed by atoms with E-state index in [0.717, 1.165) is 12.1 Å². The number of nitrogens with one attached hydrogen (secondary N) is 1. The van der Waals surface area contributed by atoms with E-state index < -0.39 is 0 Å². The average molecular weight is 208 g/mol. The van der Waals surface area contributed by atoms with Crippen LogP contribution in [0.1, 0.15) is 17.5 Å². The van der Waals surface area contributed by atoms with Crippen molar-refractivity contribution in [2.75, 3.05) is 6.54 Å². The second-order valence-corrected chi connectivity index (χ2v) is 3.32. The second-order valence-electron chi connectivity index (χ2n) is 3.32. The first-order valence-electron chi connectivity index (χ1n) is 4.80. The fourth-order valence-corrected chi connectivity index (χ4v) is 1.17. The van der Waals surface area contributed by atoms with Crippen molar-refractivity contribution in [3.8, 4) is 0 Å². The van der Waals surface area contributed by atoms with Gasteiger partial charge in [0.1, 0.15) is 5.84 Å². The minimum atomic E-state index is 0.241. The van der Waals surface area contributed by atoms with Crippen LogP contribution in [-0.2, 0) is 6.54 Å². The molecule has 0 aliphatic carbocycles. The molecule has 0 bridgehead atoms. The minimum absolute atomic E-state index is 0.241. The Balaban J connectivity index is 2.29. The SMILES string of the molecule is Cc1ccncc1CNCC/C(N)=N/O. The molecule has 0 unspecified atom stereocenters. The van der Waals surface area contributed by atoms with Crippen molar-refractivity contribution in [1.29, 1.82) is 0 Å². The van der Waals surface area contributed by atoms with Crippen LogP contribution in [0, 0.1) is 6.92 Å². The van der Waals surface area contributed by atoms with Crippen LogP contribution in [0.3, 0.4) is 0 Å². The maximum Gasteiger partial charge on any atom is 0.140 e. The van der Waals surface area contributed by atoms with Gasteiger partial charge in [-0.25, -0.2) is 0 Å². The van der Waals surface area contributed by atoms with E-state index in [4.69, 9.17) is 10.9 Å². The molecular weight excluding hydrogens is 192 g/mol. The van der Waals surface area contributed by atoms with E-state index in [-0.39, 0.29) is 5.84 Å². The Kier molecular flexibility index (Phi) is 4.56. The maximum absolute atomic E-state index is 8.32. The molecule has 1 heterocycles. The van der Waals surface area contributed by atoms with Crippen LogP contribution in [0.2, 0.25) is 0 Å². The number of oxime groups is 1. The molecule has 5 nitrogen and oxygen atoms in total. The predicted molar refractivity (Wildman–Crippen MR) is 58.7 cm³/mol. The summed E-state index contributed by atoms with van der Waals surface area (Å²) in [4.78, 5) is 4.05. The van der Waals surface area contributed by atoms with E-state index >= 15 is 0 Å². The molecule has 1 aromatic heterocycles. The fraction of sp³-hybridized carbons (Fsp3) is 0.400. The molecule has 0 aliphatic heterocycles. The third-order valence-electron chi connectivity index (χ3n) is 2.15. The summed E-state index contributed by atoms with van der Waals surface area (Å²) in [5, 5.41) is 14.4. The highest BCUT2D eigenvalue weighted by Crippen LogP contribution is 2.03. The molecule has 1 rings (SSSR count). The van der Waals surface area contributed by atoms with Gasteiger partial charge in [0.2, 0.25) is 0 Å². The molecule has 4 N–H and O–H groups in total. The van der Waals surface area contributed by atoms with Crippen molar-refractivity contribution in [3.63, 3.8) is 0 Å². The first kappa shape index (κ1) is 11.5. The zero-order chi connectivity index (χ0) is 11.1. The summed E-state index contributed by atoms with van der Waals surface area (Å²) in [6.07, 6.45) is 4.15. The molecule has 0 saturated carbocycles. The van der Waals surface area contributed by atoms with Gasteiger partial charge in [-0.3, -0.25) is 4.98 Å². The Bertz CT molecular complexity index is 338. The van der Waals surface area contributed by atoms with Gasteiger partial charge < -0.3 is 16.3 Å². The lowest BCUT2D eigenvalue weighted by Gasteiger charge is -2.06. The Labute approximate surface area is 89.0 Å². The lowest BCUT2D eigenvalue weighted by atomic mass is 10.1. The monoisotopic (exact) mass is 208 g/mol. The van der Waals surface area contributed by atoms with Crippen molar-refractivity contribution in [3.05, 3.63) is 29.6 Å². The number of nitrogens with two attached hydrogens (primary N) is 1. The van der Waals surface area contributed by atoms with Crippen molar-refractivity contribution < 1.29 is 5.21 Å². The number of amidine groups is 1. The molecule has 0 fully saturated rings. The van der Waals surface area contributed by atoms with Gasteiger partial charge in [0.05, 0.1) is 0 Å². The Hall–Kier alpha value is -1.62. The summed E-state index contributed by atoms with van der Waals surface area (Å²) in [5.41, 5.74) is 7.70. The number of pyridine rings is 1. The summed E-state index contributed by atoms with van der Waals surface area (Å²) in [6, 6.07) is 1.97. The summed E-state index contributed by atoms with van der Waals surface area (Å²) >= 11 is 0. The number of nitrogens with zero attached hydrogens (tertiary/aromatic N) is 2. The highest BCUT2D eigenvalue weighted by atomic mass is 16.4. The summed E-state index contributed by atoms with van der Waals surface area (Å²) in [5.74, 6) is 0.241. The zero-order valence-electron chi connectivity index (χ0n) is 8.77. The van der Waals surface area contributed by atoms with Gasteiger partial charge in [-0.15, -0.1) is 0 Å². The smallest absolute Gasteiger partial charge is 0.140 e. The molecule has 0 aromatic carbocycles. The first-order valence-corrected chi connectivity index (χ1v) is 4.80. The Morgan fingerprint density at radius 3 is 3.13 bits per heavy atom. The molecule has 1 aromatic rings. The van der Waals surface area contributed by atoms with Gasteiger partial charge in [-0.2, -0.15) is 0 Å². The van der Waals surface area contributed by atoms with E-state index in [1.165, 1.54) is 5.56 Å². The topological polar surface area (TPSA) is 83.5 Å². The van der Waals surface area contributed by atoms with Crippen LogP contribution < -0.4 is 11.1 Å². The number of aryl methyl sites for hydroxylation is 1. The van der Waals surface area contributed by atoms with Gasteiger partial charge >= 0.3 is 0 Å². The van der Waals surface area contributed by atoms with Gasteiger partial charge in [0, 0.05) is 31.9 Å². The first-order chi connectivity index (χ1) is 7.24. The number of hydrogen-bond acceptors (Lipinski definition) is 4. The van der Waals surface area contributed by atoms with Crippen molar-refractivity contribution in [2.24, 2.45) is 10.9 Å². The second kappa shape index (κ2) is 5.98. The molecular formula is C10H16N4O. The summed E-state index contributed by atoms with van der Waals surface area (Å²) in [6.45, 7) is 3.48. The van der Waals surface area contributed by atoms with Gasteiger partial charge in [0.25, 0.3) is 0 Å². The molecule has 0 radical (unpaired) electrons. The molecule has 0 saturated heterocycles. The summed E-state index contributed by atoms with van der Waals surface area (Å²) < 4.78 is 0. The lowest BCUT2D eigenvalue weighted by Crippen LogP contribution is -2.22. The molecule has 0 atom stereocenters. The van der Waals surface area contributed by atoms with Crippen LogP contribution in [0.4, 0.5) is 0 Å². The van der Waals surface area contributed by atoms with E-state index in [1.54, 1.807) is 6.20 Å². The van der Waals surface area contributed by atoms with Gasteiger partial charge in [0.15, 0.2) is 0 Å². The standard InChI is InChI=1S/C10H16N4O/c1-8-2-4-12-6-9(8)7-13-5-3-10(11)14-15/h2,4,6,13,15H,3,5,7H2,1H3,(H2,11,14). The van der Waals surface area contributed by atoms with E-state index in [1.807, 2.05) is 19.2 Å². The third kappa shape index (κ3) is 3.95. The quantitative estimate of drug-likeness (QED) is 0.218. The van der Waals surface area contributed by atoms with Gasteiger partial charge in [-0.1, -0.05) is 5.16 Å². The largest absolute Gasteiger partial charge is 0.409 e. The number of rotatable bonds is 5. The lowest BCUT2D eigenvalue weighted by molar-refractivity contribution is 0.316. The van der Waals surface area contributed by atoms with Crippen molar-refractivity contribution >= 4 is 5.84 Å². The van der Waals surface area contributed by atoms with Gasteiger partial charge in [-0.05, 0) is 24.1 Å². The van der Waals surface area contributed by atoms with Crippen molar-refractivity contribution in [1.82, 2.24) is 10.3 Å². The van der Waals surface area contributed by atoms with E-state index in [9.17, 15) is 0 Å². The molecule has 5 heteroatoms. The van der Waals surface area contributed by atoms with Crippen LogP contribution in [0.5, 0.6) is 0 Å². The van der Waals surface area contributed by atoms with E-state index in [0.29, 0.717) is 13.0 Å². The minimum Gasteiger partial charge on any atom is -0.409 e. The highest BCUT2D eigenvalue weighted by molar-refractivity contribution is 5.79. The Morgan fingerprint density at radius 2 is 2.47 bits per heavy atom.